The van der Waals surface area contributed by atoms with E-state index in [2.05, 4.69) is 76.1 Å². The molecule has 1 heterocycles. The highest BCUT2D eigenvalue weighted by molar-refractivity contribution is 9.10. The van der Waals surface area contributed by atoms with Gasteiger partial charge in [0.15, 0.2) is 0 Å². The normalized spacial score (nSPS) is 12.6. The monoisotopic (exact) mass is 349 g/mol. The first-order valence-electron chi connectivity index (χ1n) is 7.60. The molecule has 0 radical (unpaired) electrons. The van der Waals surface area contributed by atoms with Crippen molar-refractivity contribution in [3.05, 3.63) is 51.3 Å². The predicted molar refractivity (Wildman–Crippen MR) is 91.4 cm³/mol. The molecule has 0 spiro atoms. The van der Waals surface area contributed by atoms with Crippen LogP contribution in [0.4, 0.5) is 0 Å². The molecule has 2 rings (SSSR count). The van der Waals surface area contributed by atoms with Crippen molar-refractivity contribution in [2.24, 2.45) is 0 Å². The van der Waals surface area contributed by atoms with E-state index < -0.39 is 0 Å². The van der Waals surface area contributed by atoms with Gasteiger partial charge in [-0.05, 0) is 54.2 Å². The number of nitrogens with one attached hydrogen (secondary N) is 1. The Balaban J connectivity index is 2.05. The Morgan fingerprint density at radius 2 is 1.90 bits per heavy atom. The number of aromatic nitrogens is 2. The lowest BCUT2D eigenvalue weighted by molar-refractivity contribution is 0.530. The Bertz CT molecular complexity index is 587. The van der Waals surface area contributed by atoms with E-state index in [4.69, 9.17) is 0 Å². The number of aryl methyl sites for hydroxylation is 3. The van der Waals surface area contributed by atoms with Gasteiger partial charge in [0.05, 0.1) is 15.9 Å². The van der Waals surface area contributed by atoms with Crippen LogP contribution in [0.25, 0.3) is 0 Å². The van der Waals surface area contributed by atoms with Crippen LogP contribution in [-0.2, 0) is 19.5 Å². The summed E-state index contributed by atoms with van der Waals surface area (Å²) in [5.41, 5.74) is 4.97. The second-order valence-electron chi connectivity index (χ2n) is 5.36. The summed E-state index contributed by atoms with van der Waals surface area (Å²) in [6, 6.07) is 9.18. The van der Waals surface area contributed by atoms with Gasteiger partial charge in [0.2, 0.25) is 0 Å². The first-order valence-corrected chi connectivity index (χ1v) is 8.40. The first kappa shape index (κ1) is 16.2. The minimum atomic E-state index is 0.323. The van der Waals surface area contributed by atoms with Crippen molar-refractivity contribution in [3.8, 4) is 0 Å². The minimum Gasteiger partial charge on any atom is -0.305 e. The van der Waals surface area contributed by atoms with Crippen molar-refractivity contribution in [3.63, 3.8) is 0 Å². The van der Waals surface area contributed by atoms with Crippen LogP contribution in [0.1, 0.15) is 49.3 Å². The predicted octanol–water partition coefficient (Wildman–Crippen LogP) is 4.39. The Morgan fingerprint density at radius 1 is 1.24 bits per heavy atom. The van der Waals surface area contributed by atoms with E-state index in [1.165, 1.54) is 16.8 Å². The maximum atomic E-state index is 4.53. The molecule has 0 bridgehead atoms. The average Bonchev–Trinajstić information content (AvgIpc) is 2.79. The quantitative estimate of drug-likeness (QED) is 0.838. The summed E-state index contributed by atoms with van der Waals surface area (Å²) in [7, 11) is 0. The molecule has 3 nitrogen and oxygen atoms in total. The fourth-order valence-corrected chi connectivity index (χ4v) is 2.87. The van der Waals surface area contributed by atoms with Gasteiger partial charge >= 0.3 is 0 Å². The van der Waals surface area contributed by atoms with Crippen LogP contribution >= 0.6 is 15.9 Å². The third-order valence-corrected chi connectivity index (χ3v) is 4.95. The van der Waals surface area contributed by atoms with Crippen molar-refractivity contribution in [2.75, 3.05) is 0 Å². The van der Waals surface area contributed by atoms with Crippen LogP contribution in [0.3, 0.4) is 0 Å². The number of nitrogens with zero attached hydrogens (tertiary/aromatic N) is 2. The molecule has 0 fully saturated rings. The second-order valence-corrected chi connectivity index (χ2v) is 6.15. The number of hydrogen-bond acceptors (Lipinski definition) is 2. The number of benzene rings is 1. The summed E-state index contributed by atoms with van der Waals surface area (Å²) >= 11 is 3.64. The van der Waals surface area contributed by atoms with Gasteiger partial charge in [-0.2, -0.15) is 5.10 Å². The van der Waals surface area contributed by atoms with Crippen molar-refractivity contribution < 1.29 is 0 Å². The van der Waals surface area contributed by atoms with Crippen LogP contribution in [0.5, 0.6) is 0 Å². The lowest BCUT2D eigenvalue weighted by atomic mass is 10.0. The summed E-state index contributed by atoms with van der Waals surface area (Å²) < 4.78 is 3.17. The molecular weight excluding hydrogens is 326 g/mol. The molecule has 1 unspecified atom stereocenters. The lowest BCUT2D eigenvalue weighted by Gasteiger charge is -2.15. The Kier molecular flexibility index (Phi) is 5.59. The molecule has 1 atom stereocenters. The highest BCUT2D eigenvalue weighted by Crippen LogP contribution is 2.22. The molecule has 21 heavy (non-hydrogen) atoms. The van der Waals surface area contributed by atoms with Crippen LogP contribution in [-0.4, -0.2) is 9.78 Å². The third-order valence-electron chi connectivity index (χ3n) is 3.92. The number of rotatable bonds is 6. The van der Waals surface area contributed by atoms with E-state index in [-0.39, 0.29) is 0 Å². The highest BCUT2D eigenvalue weighted by atomic mass is 79.9. The standard InChI is InChI=1S/C17H24BrN3/c1-5-14-7-9-15(10-8-14)12(3)19-11-16-17(18)13(4)20-21(16)6-2/h7-10,12,19H,5-6,11H2,1-4H3. The van der Waals surface area contributed by atoms with Gasteiger partial charge in [0.1, 0.15) is 0 Å². The molecular formula is C17H24BrN3. The summed E-state index contributed by atoms with van der Waals surface area (Å²) in [6.07, 6.45) is 1.09. The van der Waals surface area contributed by atoms with Gasteiger partial charge in [-0.15, -0.1) is 0 Å². The van der Waals surface area contributed by atoms with E-state index in [9.17, 15) is 0 Å². The summed E-state index contributed by atoms with van der Waals surface area (Å²) in [5.74, 6) is 0. The zero-order chi connectivity index (χ0) is 15.4. The second kappa shape index (κ2) is 7.23. The van der Waals surface area contributed by atoms with Gasteiger partial charge in [-0.1, -0.05) is 31.2 Å². The van der Waals surface area contributed by atoms with E-state index in [0.29, 0.717) is 6.04 Å². The molecule has 0 saturated carbocycles. The summed E-state index contributed by atoms with van der Waals surface area (Å²) in [5, 5.41) is 8.12. The molecule has 0 saturated heterocycles. The molecule has 0 aliphatic rings. The fourth-order valence-electron chi connectivity index (χ4n) is 2.45. The molecule has 1 aromatic carbocycles. The summed E-state index contributed by atoms with van der Waals surface area (Å²) in [6.45, 7) is 10.2. The maximum absolute atomic E-state index is 4.53. The van der Waals surface area contributed by atoms with Crippen molar-refractivity contribution in [2.45, 2.75) is 53.2 Å². The van der Waals surface area contributed by atoms with Crippen LogP contribution in [0.2, 0.25) is 0 Å². The topological polar surface area (TPSA) is 29.9 Å². The average molecular weight is 350 g/mol. The van der Waals surface area contributed by atoms with E-state index in [1.807, 2.05) is 6.92 Å². The van der Waals surface area contributed by atoms with Crippen LogP contribution in [0, 0.1) is 6.92 Å². The molecule has 0 aliphatic carbocycles. The summed E-state index contributed by atoms with van der Waals surface area (Å²) in [4.78, 5) is 0. The maximum Gasteiger partial charge on any atom is 0.0739 e. The van der Waals surface area contributed by atoms with E-state index in [0.717, 1.165) is 29.7 Å². The third kappa shape index (κ3) is 3.74. The molecule has 2 aromatic rings. The minimum absolute atomic E-state index is 0.323. The van der Waals surface area contributed by atoms with E-state index in [1.54, 1.807) is 0 Å². The molecule has 114 valence electrons. The first-order chi connectivity index (χ1) is 10.1. The molecule has 1 aromatic heterocycles. The lowest BCUT2D eigenvalue weighted by Crippen LogP contribution is -2.20. The van der Waals surface area contributed by atoms with Gasteiger partial charge in [-0.25, -0.2) is 0 Å². The van der Waals surface area contributed by atoms with Crippen molar-refractivity contribution >= 4 is 15.9 Å². The molecule has 1 N–H and O–H groups in total. The van der Waals surface area contributed by atoms with Crippen molar-refractivity contribution in [1.29, 1.82) is 0 Å². The Hall–Kier alpha value is -1.13. The largest absolute Gasteiger partial charge is 0.305 e. The fraction of sp³-hybridized carbons (Fsp3) is 0.471. The highest BCUT2D eigenvalue weighted by Gasteiger charge is 2.13. The van der Waals surface area contributed by atoms with Gasteiger partial charge < -0.3 is 5.32 Å². The van der Waals surface area contributed by atoms with E-state index >= 15 is 0 Å². The zero-order valence-electron chi connectivity index (χ0n) is 13.3. The van der Waals surface area contributed by atoms with Gasteiger partial charge in [0.25, 0.3) is 0 Å². The van der Waals surface area contributed by atoms with Gasteiger partial charge in [0, 0.05) is 19.1 Å². The smallest absolute Gasteiger partial charge is 0.0739 e. The molecule has 0 amide bonds. The number of halogens is 1. The Labute approximate surface area is 135 Å². The SMILES string of the molecule is CCc1ccc(C(C)NCc2c(Br)c(C)nn2CC)cc1. The molecule has 4 heteroatoms. The molecule has 0 aliphatic heterocycles. The van der Waals surface area contributed by atoms with Crippen LogP contribution < -0.4 is 5.32 Å². The zero-order valence-corrected chi connectivity index (χ0v) is 14.9. The van der Waals surface area contributed by atoms with Crippen molar-refractivity contribution in [1.82, 2.24) is 15.1 Å². The van der Waals surface area contributed by atoms with Crippen LogP contribution in [0.15, 0.2) is 28.7 Å². The van der Waals surface area contributed by atoms with Gasteiger partial charge in [-0.3, -0.25) is 4.68 Å². The Morgan fingerprint density at radius 3 is 2.48 bits per heavy atom. The number of hydrogen-bond donors (Lipinski definition) is 1.